The van der Waals surface area contributed by atoms with Crippen LogP contribution < -0.4 is 5.32 Å². The van der Waals surface area contributed by atoms with Gasteiger partial charge in [0.1, 0.15) is 0 Å². The first-order valence-corrected chi connectivity index (χ1v) is 9.47. The average Bonchev–Trinajstić information content (AvgIpc) is 3.18. The average molecular weight is 386 g/mol. The fourth-order valence-electron chi connectivity index (χ4n) is 3.29. The zero-order valence-corrected chi connectivity index (χ0v) is 16.4. The van der Waals surface area contributed by atoms with Gasteiger partial charge in [-0.3, -0.25) is 14.6 Å². The van der Waals surface area contributed by atoms with Gasteiger partial charge in [0.25, 0.3) is 5.91 Å². The van der Waals surface area contributed by atoms with E-state index in [2.05, 4.69) is 15.3 Å². The van der Waals surface area contributed by atoms with Crippen LogP contribution >= 0.6 is 0 Å². The van der Waals surface area contributed by atoms with Crippen molar-refractivity contribution in [1.82, 2.24) is 20.2 Å². The maximum absolute atomic E-state index is 12.0. The second-order valence-corrected chi connectivity index (χ2v) is 7.20. The molecule has 1 aliphatic rings. The highest BCUT2D eigenvalue weighted by atomic mass is 16.2. The van der Waals surface area contributed by atoms with Crippen LogP contribution in [0.2, 0.25) is 0 Å². The zero-order valence-electron chi connectivity index (χ0n) is 16.4. The molecule has 2 amide bonds. The van der Waals surface area contributed by atoms with Gasteiger partial charge >= 0.3 is 0 Å². The van der Waals surface area contributed by atoms with Gasteiger partial charge in [0.2, 0.25) is 5.91 Å². The zero-order chi connectivity index (χ0) is 20.4. The van der Waals surface area contributed by atoms with Gasteiger partial charge < -0.3 is 15.2 Å². The first-order valence-electron chi connectivity index (χ1n) is 9.47. The van der Waals surface area contributed by atoms with Crippen LogP contribution in [-0.4, -0.2) is 47.3 Å². The van der Waals surface area contributed by atoms with Gasteiger partial charge in [-0.25, -0.2) is 0 Å². The number of hydrogen-bond donors (Lipinski definition) is 2. The Kier molecular flexibility index (Phi) is 4.99. The first kappa shape index (κ1) is 18.7. The Balaban J connectivity index is 1.58. The molecule has 0 unspecified atom stereocenters. The van der Waals surface area contributed by atoms with E-state index in [1.165, 1.54) is 4.90 Å². The lowest BCUT2D eigenvalue weighted by atomic mass is 10.0. The lowest BCUT2D eigenvalue weighted by Gasteiger charge is -2.10. The van der Waals surface area contributed by atoms with Crippen LogP contribution in [0, 0.1) is 0 Å². The molecular formula is C23H22N4O2. The summed E-state index contributed by atoms with van der Waals surface area (Å²) in [5.41, 5.74) is 6.37. The number of rotatable bonds is 4. The van der Waals surface area contributed by atoms with Crippen molar-refractivity contribution in [2.24, 2.45) is 0 Å². The van der Waals surface area contributed by atoms with E-state index in [4.69, 9.17) is 0 Å². The van der Waals surface area contributed by atoms with Gasteiger partial charge in [-0.1, -0.05) is 24.3 Å². The number of benzene rings is 1. The second kappa shape index (κ2) is 7.75. The summed E-state index contributed by atoms with van der Waals surface area (Å²) in [7, 11) is 3.45. The molecular weight excluding hydrogens is 364 g/mol. The molecule has 0 bridgehead atoms. The maximum atomic E-state index is 12.0. The molecule has 0 saturated carbocycles. The standard InChI is InChI=1S/C23H22N4O2/c1-27(2)22(28)8-5-15-3-6-16(7-4-15)20-13-17(9-11-24-20)21-14-18-19(26-21)10-12-25-23(18)29/h3-9,11,13-14,26H,10,12H2,1-2H3,(H,25,29). The van der Waals surface area contributed by atoms with E-state index in [1.54, 1.807) is 32.4 Å². The Morgan fingerprint density at radius 2 is 1.90 bits per heavy atom. The highest BCUT2D eigenvalue weighted by Gasteiger charge is 2.20. The summed E-state index contributed by atoms with van der Waals surface area (Å²) in [6.07, 6.45) is 5.93. The van der Waals surface area contributed by atoms with Crippen LogP contribution in [0.4, 0.5) is 0 Å². The predicted octanol–water partition coefficient (Wildman–Crippen LogP) is 3.13. The third-order valence-corrected chi connectivity index (χ3v) is 4.94. The van der Waals surface area contributed by atoms with Gasteiger partial charge in [0.05, 0.1) is 11.3 Å². The third kappa shape index (κ3) is 3.96. The van der Waals surface area contributed by atoms with Crippen molar-refractivity contribution in [3.05, 3.63) is 71.6 Å². The summed E-state index contributed by atoms with van der Waals surface area (Å²) < 4.78 is 0. The largest absolute Gasteiger partial charge is 0.358 e. The first-order chi connectivity index (χ1) is 14.0. The molecule has 6 heteroatoms. The molecule has 0 atom stereocenters. The number of carbonyl (C=O) groups excluding carboxylic acids is 2. The fraction of sp³-hybridized carbons (Fsp3) is 0.174. The summed E-state index contributed by atoms with van der Waals surface area (Å²) in [5.74, 6) is -0.0785. The van der Waals surface area contributed by atoms with Gasteiger partial charge in [0, 0.05) is 61.8 Å². The van der Waals surface area contributed by atoms with Crippen LogP contribution in [0.25, 0.3) is 28.6 Å². The van der Waals surface area contributed by atoms with Gasteiger partial charge in [-0.2, -0.15) is 0 Å². The highest BCUT2D eigenvalue weighted by molar-refractivity contribution is 5.97. The molecule has 3 heterocycles. The van der Waals surface area contributed by atoms with Crippen molar-refractivity contribution in [3.8, 4) is 22.5 Å². The number of pyridine rings is 1. The summed E-state index contributed by atoms with van der Waals surface area (Å²) in [5, 5.41) is 2.87. The van der Waals surface area contributed by atoms with E-state index < -0.39 is 0 Å². The number of nitrogens with one attached hydrogen (secondary N) is 2. The van der Waals surface area contributed by atoms with Crippen molar-refractivity contribution in [2.45, 2.75) is 6.42 Å². The van der Waals surface area contributed by atoms with E-state index >= 15 is 0 Å². The minimum atomic E-state index is -0.0502. The number of carbonyl (C=O) groups is 2. The summed E-state index contributed by atoms with van der Waals surface area (Å²) in [6, 6.07) is 13.7. The fourth-order valence-corrected chi connectivity index (χ4v) is 3.29. The molecule has 0 aliphatic carbocycles. The van der Waals surface area contributed by atoms with Gasteiger partial charge in [-0.15, -0.1) is 0 Å². The molecule has 0 saturated heterocycles. The Morgan fingerprint density at radius 3 is 2.62 bits per heavy atom. The van der Waals surface area contributed by atoms with Crippen LogP contribution in [0.1, 0.15) is 21.6 Å². The Labute approximate surface area is 169 Å². The lowest BCUT2D eigenvalue weighted by Crippen LogP contribution is -2.31. The highest BCUT2D eigenvalue weighted by Crippen LogP contribution is 2.27. The van der Waals surface area contributed by atoms with Crippen molar-refractivity contribution < 1.29 is 9.59 Å². The van der Waals surface area contributed by atoms with Crippen molar-refractivity contribution >= 4 is 17.9 Å². The van der Waals surface area contributed by atoms with Crippen molar-refractivity contribution in [3.63, 3.8) is 0 Å². The second-order valence-electron chi connectivity index (χ2n) is 7.20. The van der Waals surface area contributed by atoms with E-state index in [9.17, 15) is 9.59 Å². The molecule has 1 aromatic carbocycles. The number of fused-ring (bicyclic) bond motifs is 1. The molecule has 4 rings (SSSR count). The number of amides is 2. The summed E-state index contributed by atoms with van der Waals surface area (Å²) >= 11 is 0. The minimum absolute atomic E-state index is 0.0283. The molecule has 2 aromatic heterocycles. The molecule has 2 N–H and O–H groups in total. The molecule has 0 radical (unpaired) electrons. The van der Waals surface area contributed by atoms with Gasteiger partial charge in [0.15, 0.2) is 0 Å². The van der Waals surface area contributed by atoms with E-state index in [0.29, 0.717) is 12.1 Å². The summed E-state index contributed by atoms with van der Waals surface area (Å²) in [4.78, 5) is 33.1. The van der Waals surface area contributed by atoms with E-state index in [-0.39, 0.29) is 11.8 Å². The topological polar surface area (TPSA) is 78.1 Å². The minimum Gasteiger partial charge on any atom is -0.358 e. The Hall–Kier alpha value is -3.67. The van der Waals surface area contributed by atoms with Crippen LogP contribution in [0.3, 0.4) is 0 Å². The van der Waals surface area contributed by atoms with E-state index in [1.807, 2.05) is 42.5 Å². The molecule has 0 fully saturated rings. The quantitative estimate of drug-likeness (QED) is 0.676. The Bertz CT molecular complexity index is 1090. The number of aromatic nitrogens is 2. The third-order valence-electron chi connectivity index (χ3n) is 4.94. The molecule has 29 heavy (non-hydrogen) atoms. The van der Waals surface area contributed by atoms with Gasteiger partial charge in [-0.05, 0) is 29.8 Å². The molecule has 3 aromatic rings. The van der Waals surface area contributed by atoms with Crippen LogP contribution in [0.5, 0.6) is 0 Å². The normalized spacial score (nSPS) is 13.2. The van der Waals surface area contributed by atoms with Crippen molar-refractivity contribution in [1.29, 1.82) is 0 Å². The van der Waals surface area contributed by atoms with Crippen molar-refractivity contribution in [2.75, 3.05) is 20.6 Å². The smallest absolute Gasteiger partial charge is 0.253 e. The summed E-state index contributed by atoms with van der Waals surface area (Å²) in [6.45, 7) is 0.661. The maximum Gasteiger partial charge on any atom is 0.253 e. The molecule has 6 nitrogen and oxygen atoms in total. The molecule has 1 aliphatic heterocycles. The van der Waals surface area contributed by atoms with Crippen LogP contribution in [-0.2, 0) is 11.2 Å². The number of nitrogens with zero attached hydrogens (tertiary/aromatic N) is 2. The number of aromatic amines is 1. The molecule has 146 valence electrons. The SMILES string of the molecule is CN(C)C(=O)C=Cc1ccc(-c2cc(-c3cc4c([nH]3)CCNC4=O)ccn2)cc1. The van der Waals surface area contributed by atoms with Crippen LogP contribution in [0.15, 0.2) is 54.7 Å². The Morgan fingerprint density at radius 1 is 1.10 bits per heavy atom. The predicted molar refractivity (Wildman–Crippen MR) is 113 cm³/mol. The number of likely N-dealkylation sites (N-methyl/N-ethyl adjacent to an activating group) is 1. The number of H-pyrrole nitrogens is 1. The number of hydrogen-bond acceptors (Lipinski definition) is 3. The molecule has 0 spiro atoms. The monoisotopic (exact) mass is 386 g/mol. The van der Waals surface area contributed by atoms with E-state index in [0.717, 1.165) is 40.2 Å². The lowest BCUT2D eigenvalue weighted by molar-refractivity contribution is -0.123.